The van der Waals surface area contributed by atoms with Gasteiger partial charge in [0.2, 0.25) is 5.91 Å². The fourth-order valence-electron chi connectivity index (χ4n) is 7.04. The summed E-state index contributed by atoms with van der Waals surface area (Å²) in [6, 6.07) is 23.6. The average molecular weight is 958 g/mol. The van der Waals surface area contributed by atoms with E-state index in [-0.39, 0.29) is 86.0 Å². The van der Waals surface area contributed by atoms with E-state index in [1.165, 1.54) is 16.7 Å². The topological polar surface area (TPSA) is 290 Å². The molecule has 21 heteroatoms. The van der Waals surface area contributed by atoms with Gasteiger partial charge >= 0.3 is 5.97 Å². The Morgan fingerprint density at radius 3 is 1.51 bits per heavy atom. The zero-order valence-electron chi connectivity index (χ0n) is 36.2. The number of hydrogen-bond acceptors (Lipinski definition) is 13. The summed E-state index contributed by atoms with van der Waals surface area (Å²) in [4.78, 5) is 84.9. The first-order valence-corrected chi connectivity index (χ1v) is 22.0. The Bertz CT molecular complexity index is 2870. The van der Waals surface area contributed by atoms with Crippen LogP contribution < -0.4 is 38.5 Å². The van der Waals surface area contributed by atoms with Gasteiger partial charge in [0.1, 0.15) is 34.1 Å². The van der Waals surface area contributed by atoms with Crippen LogP contribution in [0, 0.1) is 0 Å². The van der Waals surface area contributed by atoms with Crippen molar-refractivity contribution in [3.05, 3.63) is 138 Å². The quantitative estimate of drug-likeness (QED) is 0.0780. The monoisotopic (exact) mass is 956 g/mol. The first-order valence-electron chi connectivity index (χ1n) is 21.3. The third kappa shape index (κ3) is 12.9. The zero-order valence-corrected chi connectivity index (χ0v) is 37.7. The number of aromatic nitrogens is 4. The van der Waals surface area contributed by atoms with Crippen molar-refractivity contribution in [1.29, 1.82) is 0 Å². The van der Waals surface area contributed by atoms with Crippen molar-refractivity contribution in [3.63, 3.8) is 0 Å². The van der Waals surface area contributed by atoms with E-state index < -0.39 is 28.9 Å². The van der Waals surface area contributed by atoms with Gasteiger partial charge < -0.3 is 47.6 Å². The van der Waals surface area contributed by atoms with Crippen molar-refractivity contribution in [3.8, 4) is 0 Å². The standard InChI is InChI=1S/C23H24ClN5O4.C19H17ClN4O4.C4H9NO/c24-16-4-1-14(2-5-16)12-26-22(32)18-11-15-3-6-19(25)27-21(15)29(23(18)33)10-8-20(31)28-9-7-17(28)13-30;20-13-4-1-11(2-5-13)10-22-18(27)14-9-12-3-6-15(21)23-17(12)24(19(14)28)8-7-16(25)26;6-3-4-1-2-5-4/h1-6,11,17,30H,7-10,12-13H2,(H2,25,27)(H,26,32);1-6,9H,7-8,10H2,(H2,21,23)(H,22,27)(H,25,26);4-6H,1-3H2. The van der Waals surface area contributed by atoms with Crippen molar-refractivity contribution in [2.75, 3.05) is 37.8 Å². The third-order valence-electron chi connectivity index (χ3n) is 11.1. The molecule has 0 radical (unpaired) electrons. The lowest BCUT2D eigenvalue weighted by Gasteiger charge is -2.40. The second-order valence-corrected chi connectivity index (χ2v) is 16.5. The number of nitrogens with two attached hydrogens (primary N) is 2. The van der Waals surface area contributed by atoms with Crippen LogP contribution in [0.4, 0.5) is 11.6 Å². The molecule has 2 aliphatic heterocycles. The lowest BCUT2D eigenvalue weighted by molar-refractivity contribution is -0.140. The van der Waals surface area contributed by atoms with Crippen molar-refractivity contribution in [2.24, 2.45) is 0 Å². The summed E-state index contributed by atoms with van der Waals surface area (Å²) in [5.74, 6) is -1.91. The number of rotatable bonds is 14. The largest absolute Gasteiger partial charge is 0.481 e. The Balaban J connectivity index is 0.000000198. The highest BCUT2D eigenvalue weighted by molar-refractivity contribution is 6.30. The van der Waals surface area contributed by atoms with Crippen LogP contribution in [0.15, 0.2) is 94.5 Å². The maximum Gasteiger partial charge on any atom is 0.305 e. The number of aliphatic hydroxyl groups is 2. The maximum absolute atomic E-state index is 13.2. The normalized spacial score (nSPS) is 15.0. The number of aliphatic carboxylic acids is 1. The summed E-state index contributed by atoms with van der Waals surface area (Å²) in [5, 5.41) is 37.3. The van der Waals surface area contributed by atoms with E-state index in [0.717, 1.165) is 35.1 Å². The first kappa shape index (κ1) is 49.5. The summed E-state index contributed by atoms with van der Waals surface area (Å²) in [6.07, 6.45) is 1.65. The molecule has 10 N–H and O–H groups in total. The predicted molar refractivity (Wildman–Crippen MR) is 254 cm³/mol. The van der Waals surface area contributed by atoms with Gasteiger partial charge in [-0.2, -0.15) is 0 Å². The molecule has 4 aromatic heterocycles. The number of carboxylic acid groups (broad SMARTS) is 1. The van der Waals surface area contributed by atoms with E-state index in [4.69, 9.17) is 44.9 Å². The van der Waals surface area contributed by atoms with Crippen molar-refractivity contribution < 1.29 is 34.5 Å². The number of hydrogen-bond donors (Lipinski definition) is 8. The Labute approximate surface area is 393 Å². The molecule has 2 atom stereocenters. The molecule has 6 heterocycles. The second-order valence-electron chi connectivity index (χ2n) is 15.7. The fourth-order valence-corrected chi connectivity index (χ4v) is 7.30. The molecule has 2 fully saturated rings. The smallest absolute Gasteiger partial charge is 0.305 e. The number of nitrogens with one attached hydrogen (secondary N) is 3. The minimum absolute atomic E-state index is 0.0393. The van der Waals surface area contributed by atoms with Crippen LogP contribution in [0.1, 0.15) is 57.5 Å². The highest BCUT2D eigenvalue weighted by Gasteiger charge is 2.31. The van der Waals surface area contributed by atoms with Crippen LogP contribution in [0.5, 0.6) is 0 Å². The number of amides is 3. The summed E-state index contributed by atoms with van der Waals surface area (Å²) in [7, 11) is 0. The van der Waals surface area contributed by atoms with Crippen molar-refractivity contribution in [1.82, 2.24) is 40.0 Å². The molecule has 2 aliphatic rings. The molecule has 352 valence electrons. The van der Waals surface area contributed by atoms with E-state index in [1.54, 1.807) is 77.7 Å². The number of carbonyl (C=O) groups is 4. The predicted octanol–water partition coefficient (Wildman–Crippen LogP) is 2.92. The summed E-state index contributed by atoms with van der Waals surface area (Å²) < 4.78 is 2.48. The number of fused-ring (bicyclic) bond motifs is 2. The molecular formula is C46H50Cl2N10O9. The lowest BCUT2D eigenvalue weighted by atomic mass is 10.0. The Hall–Kier alpha value is -6.90. The number of nitrogen functional groups attached to an aromatic ring is 2. The van der Waals surface area contributed by atoms with Crippen LogP contribution >= 0.6 is 23.2 Å². The lowest BCUT2D eigenvalue weighted by Crippen LogP contribution is -2.53. The highest BCUT2D eigenvalue weighted by atomic mass is 35.5. The van der Waals surface area contributed by atoms with Gasteiger partial charge in [0, 0.05) is 66.0 Å². The minimum Gasteiger partial charge on any atom is -0.481 e. The number of carbonyl (C=O) groups excluding carboxylic acids is 3. The third-order valence-corrected chi connectivity index (χ3v) is 11.6. The number of aryl methyl sites for hydroxylation is 2. The van der Waals surface area contributed by atoms with E-state index in [0.29, 0.717) is 45.7 Å². The highest BCUT2D eigenvalue weighted by Crippen LogP contribution is 2.20. The summed E-state index contributed by atoms with van der Waals surface area (Å²) in [5.41, 5.74) is 12.4. The molecule has 3 amide bonds. The number of nitrogens with zero attached hydrogens (tertiary/aromatic N) is 5. The van der Waals surface area contributed by atoms with E-state index >= 15 is 0 Å². The van der Waals surface area contributed by atoms with Gasteiger partial charge in [0.25, 0.3) is 22.9 Å². The maximum atomic E-state index is 13.2. The van der Waals surface area contributed by atoms with Crippen LogP contribution in [0.2, 0.25) is 10.0 Å². The van der Waals surface area contributed by atoms with Crippen molar-refractivity contribution in [2.45, 2.75) is 63.9 Å². The molecule has 2 aromatic carbocycles. The molecule has 6 aromatic rings. The molecule has 0 saturated carbocycles. The Morgan fingerprint density at radius 2 is 1.15 bits per heavy atom. The van der Waals surface area contributed by atoms with Crippen LogP contribution in [0.3, 0.4) is 0 Å². The minimum atomic E-state index is -1.07. The van der Waals surface area contributed by atoms with Gasteiger partial charge in [-0.1, -0.05) is 47.5 Å². The number of pyridine rings is 4. The molecule has 0 aliphatic carbocycles. The molecule has 2 saturated heterocycles. The van der Waals surface area contributed by atoms with E-state index in [1.807, 2.05) is 0 Å². The molecule has 19 nitrogen and oxygen atoms in total. The summed E-state index contributed by atoms with van der Waals surface area (Å²) in [6.45, 7) is 2.24. The summed E-state index contributed by atoms with van der Waals surface area (Å²) >= 11 is 11.7. The van der Waals surface area contributed by atoms with Gasteiger partial charge in [0.15, 0.2) is 0 Å². The van der Waals surface area contributed by atoms with Crippen LogP contribution in [-0.2, 0) is 35.8 Å². The van der Waals surface area contributed by atoms with Crippen LogP contribution in [-0.4, -0.2) is 101 Å². The molecule has 0 spiro atoms. The number of halogens is 2. The number of benzene rings is 2. The van der Waals surface area contributed by atoms with E-state index in [9.17, 15) is 33.9 Å². The number of carboxylic acids is 1. The number of likely N-dealkylation sites (tertiary alicyclic amines) is 1. The van der Waals surface area contributed by atoms with Gasteiger partial charge in [-0.3, -0.25) is 37.9 Å². The Morgan fingerprint density at radius 1 is 0.687 bits per heavy atom. The molecular weight excluding hydrogens is 907 g/mol. The zero-order chi connectivity index (χ0) is 48.2. The molecule has 2 unspecified atom stereocenters. The number of aliphatic hydroxyl groups excluding tert-OH is 2. The van der Waals surface area contributed by atoms with Crippen LogP contribution in [0.25, 0.3) is 22.1 Å². The number of anilines is 2. The van der Waals surface area contributed by atoms with Gasteiger partial charge in [0.05, 0.1) is 25.7 Å². The molecule has 8 rings (SSSR count). The SMILES string of the molecule is Nc1ccc2cc(C(=O)NCc3ccc(Cl)cc3)c(=O)n(CCC(=O)N3CCC3CO)c2n1.Nc1ccc2cc(C(=O)NCc3ccc(Cl)cc3)c(=O)n(CCC(=O)O)c2n1.OCC1CCN1. The average Bonchev–Trinajstić information content (AvgIpc) is 3.27. The van der Waals surface area contributed by atoms with E-state index in [2.05, 4.69) is 25.9 Å². The second kappa shape index (κ2) is 23.0. The molecule has 0 bridgehead atoms. The van der Waals surface area contributed by atoms with Crippen molar-refractivity contribution >= 4 is 80.6 Å². The van der Waals surface area contributed by atoms with Gasteiger partial charge in [-0.15, -0.1) is 0 Å². The first-order chi connectivity index (χ1) is 32.1. The Kier molecular flexibility index (Phi) is 17.0. The fraction of sp³-hybridized carbons (Fsp3) is 0.304. The van der Waals surface area contributed by atoms with Gasteiger partial charge in [-0.05, 0) is 91.2 Å². The van der Waals surface area contributed by atoms with Gasteiger partial charge in [-0.25, -0.2) is 9.97 Å². The molecule has 67 heavy (non-hydrogen) atoms.